The van der Waals surface area contributed by atoms with Crippen molar-refractivity contribution in [3.63, 3.8) is 0 Å². The summed E-state index contributed by atoms with van der Waals surface area (Å²) in [6.07, 6.45) is 4.43. The molecule has 9 nitrogen and oxygen atoms in total. The number of amides is 1. The van der Waals surface area contributed by atoms with Crippen LogP contribution in [-0.2, 0) is 10.0 Å². The van der Waals surface area contributed by atoms with Gasteiger partial charge in [-0.05, 0) is 55.0 Å². The first-order valence-electron chi connectivity index (χ1n) is 10.4. The van der Waals surface area contributed by atoms with Crippen LogP contribution in [0, 0.1) is 0 Å². The van der Waals surface area contributed by atoms with Crippen molar-refractivity contribution in [2.75, 3.05) is 23.8 Å². The van der Waals surface area contributed by atoms with Crippen molar-refractivity contribution in [1.29, 1.82) is 0 Å². The standard InChI is InChI=1S/C23H26N4O5S/c1-3-4-5-14-32-19-10-6-17(7-11-19)23(28)26-18-8-12-20(13-9-18)33(29,30)27-21-15-22(31-2)25-16-24-21/h6-13,15-16H,3-5,14H2,1-2H3,(H,26,28)(H,24,25,27). The molecule has 3 aromatic rings. The Morgan fingerprint density at radius 3 is 2.39 bits per heavy atom. The molecular weight excluding hydrogens is 444 g/mol. The summed E-state index contributed by atoms with van der Waals surface area (Å²) in [4.78, 5) is 20.2. The summed E-state index contributed by atoms with van der Waals surface area (Å²) in [5.41, 5.74) is 0.925. The molecule has 33 heavy (non-hydrogen) atoms. The predicted molar refractivity (Wildman–Crippen MR) is 125 cm³/mol. The first-order chi connectivity index (χ1) is 15.9. The van der Waals surface area contributed by atoms with E-state index in [4.69, 9.17) is 9.47 Å². The first-order valence-corrected chi connectivity index (χ1v) is 11.9. The van der Waals surface area contributed by atoms with Crippen LogP contribution in [0.2, 0.25) is 0 Å². The Kier molecular flexibility index (Phi) is 8.20. The summed E-state index contributed by atoms with van der Waals surface area (Å²) in [7, 11) is -2.45. The molecule has 174 valence electrons. The minimum Gasteiger partial charge on any atom is -0.494 e. The van der Waals surface area contributed by atoms with Crippen LogP contribution >= 0.6 is 0 Å². The third-order valence-electron chi connectivity index (χ3n) is 4.65. The lowest BCUT2D eigenvalue weighted by Gasteiger charge is -2.10. The highest BCUT2D eigenvalue weighted by Crippen LogP contribution is 2.20. The summed E-state index contributed by atoms with van der Waals surface area (Å²) in [6, 6.07) is 14.1. The molecule has 0 aliphatic rings. The maximum atomic E-state index is 12.6. The van der Waals surface area contributed by atoms with Gasteiger partial charge in [0.05, 0.1) is 18.6 Å². The number of benzene rings is 2. The number of nitrogens with zero attached hydrogens (tertiary/aromatic N) is 2. The number of nitrogens with one attached hydrogen (secondary N) is 2. The Bertz CT molecular complexity index is 1170. The largest absolute Gasteiger partial charge is 0.494 e. The summed E-state index contributed by atoms with van der Waals surface area (Å²) < 4.78 is 38.2. The molecule has 2 aromatic carbocycles. The lowest BCUT2D eigenvalue weighted by Crippen LogP contribution is -2.15. The average Bonchev–Trinajstić information content (AvgIpc) is 2.82. The Morgan fingerprint density at radius 2 is 1.73 bits per heavy atom. The number of sulfonamides is 1. The molecule has 10 heteroatoms. The van der Waals surface area contributed by atoms with E-state index in [-0.39, 0.29) is 22.5 Å². The fourth-order valence-electron chi connectivity index (χ4n) is 2.87. The topological polar surface area (TPSA) is 120 Å². The highest BCUT2D eigenvalue weighted by Gasteiger charge is 2.16. The molecule has 0 radical (unpaired) electrons. The molecular formula is C23H26N4O5S. The van der Waals surface area contributed by atoms with Crippen molar-refractivity contribution in [1.82, 2.24) is 9.97 Å². The number of ether oxygens (including phenoxy) is 2. The van der Waals surface area contributed by atoms with Crippen LogP contribution in [0.4, 0.5) is 11.5 Å². The van der Waals surface area contributed by atoms with E-state index in [1.807, 2.05) is 0 Å². The highest BCUT2D eigenvalue weighted by molar-refractivity contribution is 7.92. The number of rotatable bonds is 11. The molecule has 0 unspecified atom stereocenters. The van der Waals surface area contributed by atoms with Crippen LogP contribution in [0.15, 0.2) is 65.8 Å². The number of aromatic nitrogens is 2. The molecule has 0 atom stereocenters. The van der Waals surface area contributed by atoms with Crippen molar-refractivity contribution in [2.45, 2.75) is 31.1 Å². The van der Waals surface area contributed by atoms with Gasteiger partial charge in [-0.25, -0.2) is 18.4 Å². The maximum Gasteiger partial charge on any atom is 0.263 e. The van der Waals surface area contributed by atoms with E-state index in [9.17, 15) is 13.2 Å². The number of methoxy groups -OCH3 is 1. The third-order valence-corrected chi connectivity index (χ3v) is 6.02. The van der Waals surface area contributed by atoms with Crippen LogP contribution in [0.3, 0.4) is 0 Å². The second-order valence-electron chi connectivity index (χ2n) is 7.11. The molecule has 0 aliphatic carbocycles. The Balaban J connectivity index is 1.59. The van der Waals surface area contributed by atoms with Gasteiger partial charge in [0, 0.05) is 17.3 Å². The number of hydrogen-bond acceptors (Lipinski definition) is 7. The molecule has 1 heterocycles. The Hall–Kier alpha value is -3.66. The number of unbranched alkanes of at least 4 members (excludes halogenated alkanes) is 2. The fraction of sp³-hybridized carbons (Fsp3) is 0.261. The SMILES string of the molecule is CCCCCOc1ccc(C(=O)Nc2ccc(S(=O)(=O)Nc3cc(OC)ncn3)cc2)cc1. The summed E-state index contributed by atoms with van der Waals surface area (Å²) in [5.74, 6) is 0.717. The quantitative estimate of drug-likeness (QED) is 0.405. The number of anilines is 2. The van der Waals surface area contributed by atoms with Crippen molar-refractivity contribution in [2.24, 2.45) is 0 Å². The van der Waals surface area contributed by atoms with Crippen molar-refractivity contribution >= 4 is 27.4 Å². The zero-order valence-electron chi connectivity index (χ0n) is 18.4. The van der Waals surface area contributed by atoms with Crippen molar-refractivity contribution in [3.8, 4) is 11.6 Å². The average molecular weight is 471 g/mol. The molecule has 2 N–H and O–H groups in total. The summed E-state index contributed by atoms with van der Waals surface area (Å²) in [6.45, 7) is 2.78. The lowest BCUT2D eigenvalue weighted by molar-refractivity contribution is 0.102. The van der Waals surface area contributed by atoms with E-state index in [0.29, 0.717) is 23.6 Å². The van der Waals surface area contributed by atoms with Gasteiger partial charge in [0.2, 0.25) is 5.88 Å². The van der Waals surface area contributed by atoms with Gasteiger partial charge < -0.3 is 14.8 Å². The van der Waals surface area contributed by atoms with Crippen LogP contribution in [0.5, 0.6) is 11.6 Å². The molecule has 0 aliphatic heterocycles. The normalized spacial score (nSPS) is 11.0. The van der Waals surface area contributed by atoms with Gasteiger partial charge in [0.15, 0.2) is 0 Å². The van der Waals surface area contributed by atoms with E-state index in [1.165, 1.54) is 43.8 Å². The van der Waals surface area contributed by atoms with Gasteiger partial charge in [-0.3, -0.25) is 9.52 Å². The van der Waals surface area contributed by atoms with Crippen molar-refractivity contribution in [3.05, 3.63) is 66.5 Å². The van der Waals surface area contributed by atoms with Crippen LogP contribution < -0.4 is 19.5 Å². The number of carbonyl (C=O) groups is 1. The minimum absolute atomic E-state index is 0.0163. The zero-order chi connectivity index (χ0) is 23.7. The van der Waals surface area contributed by atoms with Crippen LogP contribution in [0.25, 0.3) is 0 Å². The summed E-state index contributed by atoms with van der Waals surface area (Å²) in [5, 5.41) is 2.75. The van der Waals surface area contributed by atoms with Gasteiger partial charge in [-0.1, -0.05) is 19.8 Å². The number of carbonyl (C=O) groups excluding carboxylic acids is 1. The van der Waals surface area contributed by atoms with E-state index in [0.717, 1.165) is 19.3 Å². The molecule has 0 saturated heterocycles. The third kappa shape index (κ3) is 6.91. The van der Waals surface area contributed by atoms with Crippen LogP contribution in [-0.4, -0.2) is 38.0 Å². The zero-order valence-corrected chi connectivity index (χ0v) is 19.3. The summed E-state index contributed by atoms with van der Waals surface area (Å²) >= 11 is 0. The molecule has 0 bridgehead atoms. The first kappa shape index (κ1) is 24.0. The van der Waals surface area contributed by atoms with E-state index in [2.05, 4.69) is 26.9 Å². The molecule has 0 saturated carbocycles. The molecule has 0 spiro atoms. The molecule has 1 amide bonds. The van der Waals surface area contributed by atoms with Gasteiger partial charge in [0.1, 0.15) is 17.9 Å². The number of hydrogen-bond donors (Lipinski definition) is 2. The Labute approximate surface area is 193 Å². The lowest BCUT2D eigenvalue weighted by atomic mass is 10.2. The van der Waals surface area contributed by atoms with Crippen molar-refractivity contribution < 1.29 is 22.7 Å². The van der Waals surface area contributed by atoms with E-state index < -0.39 is 10.0 Å². The minimum atomic E-state index is -3.87. The predicted octanol–water partition coefficient (Wildman–Crippen LogP) is 4.11. The fourth-order valence-corrected chi connectivity index (χ4v) is 3.87. The molecule has 3 rings (SSSR count). The van der Waals surface area contributed by atoms with E-state index in [1.54, 1.807) is 24.3 Å². The monoisotopic (exact) mass is 470 g/mol. The second-order valence-corrected chi connectivity index (χ2v) is 8.79. The van der Waals surface area contributed by atoms with Gasteiger partial charge in [-0.15, -0.1) is 0 Å². The smallest absolute Gasteiger partial charge is 0.263 e. The van der Waals surface area contributed by atoms with Gasteiger partial charge in [-0.2, -0.15) is 0 Å². The molecule has 0 fully saturated rings. The van der Waals surface area contributed by atoms with Gasteiger partial charge >= 0.3 is 0 Å². The second kappa shape index (κ2) is 11.3. The van der Waals surface area contributed by atoms with Crippen LogP contribution in [0.1, 0.15) is 36.5 Å². The Morgan fingerprint density at radius 1 is 1.00 bits per heavy atom. The van der Waals surface area contributed by atoms with Gasteiger partial charge in [0.25, 0.3) is 15.9 Å². The highest BCUT2D eigenvalue weighted by atomic mass is 32.2. The van der Waals surface area contributed by atoms with E-state index >= 15 is 0 Å². The molecule has 1 aromatic heterocycles. The maximum absolute atomic E-state index is 12.6.